The van der Waals surface area contributed by atoms with Gasteiger partial charge in [-0.3, -0.25) is 4.79 Å². The largest absolute Gasteiger partial charge is 0.453 e. The molecule has 1 fully saturated rings. The fourth-order valence-electron chi connectivity index (χ4n) is 6.19. The number of hydrogen-bond donors (Lipinski definition) is 4. The molecule has 260 valence electrons. The minimum Gasteiger partial charge on any atom is -0.453 e. The molecule has 2 amide bonds. The fraction of sp³-hybridized carbons (Fsp3) is 0.459. The van der Waals surface area contributed by atoms with E-state index in [1.54, 1.807) is 12.1 Å². The van der Waals surface area contributed by atoms with Crippen LogP contribution in [0.4, 0.5) is 4.79 Å². The van der Waals surface area contributed by atoms with Crippen molar-refractivity contribution in [2.24, 2.45) is 11.8 Å². The van der Waals surface area contributed by atoms with E-state index in [1.807, 2.05) is 74.5 Å². The van der Waals surface area contributed by atoms with Gasteiger partial charge in [-0.05, 0) is 72.8 Å². The zero-order valence-electron chi connectivity index (χ0n) is 28.0. The van der Waals surface area contributed by atoms with Crippen LogP contribution in [0.3, 0.4) is 0 Å². The fourth-order valence-corrected chi connectivity index (χ4v) is 8.00. The molecular formula is C37H49N3O7S. The van der Waals surface area contributed by atoms with Crippen molar-refractivity contribution in [3.63, 3.8) is 0 Å². The van der Waals surface area contributed by atoms with Gasteiger partial charge in [-0.25, -0.2) is 13.2 Å². The molecule has 11 heteroatoms. The van der Waals surface area contributed by atoms with Crippen molar-refractivity contribution in [1.82, 2.24) is 14.9 Å². The average Bonchev–Trinajstić information content (AvgIpc) is 3.95. The first-order chi connectivity index (χ1) is 23.1. The predicted molar refractivity (Wildman–Crippen MR) is 185 cm³/mol. The molecule has 3 aromatic carbocycles. The molecule has 1 aliphatic carbocycles. The molecule has 3 aromatic rings. The van der Waals surface area contributed by atoms with Crippen LogP contribution in [-0.2, 0) is 26.2 Å². The number of amides is 2. The van der Waals surface area contributed by atoms with Gasteiger partial charge in [0.1, 0.15) is 6.04 Å². The lowest BCUT2D eigenvalue weighted by Crippen LogP contribution is -2.53. The number of carbonyl (C=O) groups is 2. The Morgan fingerprint density at radius 1 is 0.875 bits per heavy atom. The summed E-state index contributed by atoms with van der Waals surface area (Å²) in [5, 5.41) is 25.8. The van der Waals surface area contributed by atoms with Crippen LogP contribution in [0.15, 0.2) is 89.8 Å². The second-order valence-corrected chi connectivity index (χ2v) is 14.8. The number of sulfonamides is 1. The third-order valence-electron chi connectivity index (χ3n) is 8.84. The first-order valence-corrected chi connectivity index (χ1v) is 18.1. The second kappa shape index (κ2) is 17.6. The van der Waals surface area contributed by atoms with E-state index in [0.717, 1.165) is 24.0 Å². The molecule has 3 atom stereocenters. The normalized spacial score (nSPS) is 15.2. The number of aliphatic hydroxyl groups is 2. The van der Waals surface area contributed by atoms with Crippen molar-refractivity contribution < 1.29 is 33.0 Å². The molecule has 1 aliphatic rings. The SMILES string of the molecule is COC(=O)N[C@H](C(=O)N[C@H](CCC[C@@H](CO)N(CC(C)C)S(=O)(=O)c1ccc(CO)cc1)C1CC1)C(c1ccccc1)c1ccccc1. The lowest BCUT2D eigenvalue weighted by Gasteiger charge is -2.32. The summed E-state index contributed by atoms with van der Waals surface area (Å²) in [6.45, 7) is 3.57. The molecule has 0 aliphatic heterocycles. The van der Waals surface area contributed by atoms with Gasteiger partial charge in [0.2, 0.25) is 15.9 Å². The lowest BCUT2D eigenvalue weighted by atomic mass is 9.84. The molecule has 4 rings (SSSR count). The highest BCUT2D eigenvalue weighted by Gasteiger charge is 2.38. The smallest absolute Gasteiger partial charge is 0.407 e. The Kier molecular flexibility index (Phi) is 13.6. The average molecular weight is 680 g/mol. The molecule has 0 unspecified atom stereocenters. The minimum atomic E-state index is -3.92. The van der Waals surface area contributed by atoms with Gasteiger partial charge in [0.05, 0.1) is 25.2 Å². The van der Waals surface area contributed by atoms with Gasteiger partial charge in [0.15, 0.2) is 0 Å². The molecule has 10 nitrogen and oxygen atoms in total. The Bertz CT molecular complexity index is 1510. The van der Waals surface area contributed by atoms with Gasteiger partial charge < -0.3 is 25.6 Å². The maximum absolute atomic E-state index is 14.1. The van der Waals surface area contributed by atoms with E-state index in [0.29, 0.717) is 24.8 Å². The van der Waals surface area contributed by atoms with E-state index >= 15 is 0 Å². The second-order valence-electron chi connectivity index (χ2n) is 12.9. The molecule has 0 radical (unpaired) electrons. The third-order valence-corrected chi connectivity index (χ3v) is 10.8. The Morgan fingerprint density at radius 2 is 1.46 bits per heavy atom. The van der Waals surface area contributed by atoms with Gasteiger partial charge in [0, 0.05) is 24.5 Å². The maximum atomic E-state index is 14.1. The Labute approximate surface area is 284 Å². The highest BCUT2D eigenvalue weighted by molar-refractivity contribution is 7.89. The van der Waals surface area contributed by atoms with Crippen LogP contribution >= 0.6 is 0 Å². The monoisotopic (exact) mass is 679 g/mol. The van der Waals surface area contributed by atoms with E-state index in [-0.39, 0.29) is 48.4 Å². The summed E-state index contributed by atoms with van der Waals surface area (Å²) < 4.78 is 33.8. The molecule has 4 N–H and O–H groups in total. The van der Waals surface area contributed by atoms with E-state index in [2.05, 4.69) is 10.6 Å². The van der Waals surface area contributed by atoms with Crippen molar-refractivity contribution in [1.29, 1.82) is 0 Å². The van der Waals surface area contributed by atoms with Crippen LogP contribution < -0.4 is 10.6 Å². The summed E-state index contributed by atoms with van der Waals surface area (Å²) >= 11 is 0. The van der Waals surface area contributed by atoms with Gasteiger partial charge >= 0.3 is 6.09 Å². The number of rotatable bonds is 18. The number of nitrogens with zero attached hydrogens (tertiary/aromatic N) is 1. The van der Waals surface area contributed by atoms with Crippen molar-refractivity contribution in [3.8, 4) is 0 Å². The van der Waals surface area contributed by atoms with Crippen LogP contribution in [0.25, 0.3) is 0 Å². The first-order valence-electron chi connectivity index (χ1n) is 16.7. The lowest BCUT2D eigenvalue weighted by molar-refractivity contribution is -0.124. The Morgan fingerprint density at radius 3 is 1.94 bits per heavy atom. The predicted octanol–water partition coefficient (Wildman–Crippen LogP) is 4.81. The molecule has 0 bridgehead atoms. The topological polar surface area (TPSA) is 145 Å². The number of hydrogen-bond acceptors (Lipinski definition) is 7. The molecule has 0 spiro atoms. The summed E-state index contributed by atoms with van der Waals surface area (Å²) in [5.74, 6) is -0.520. The van der Waals surface area contributed by atoms with E-state index in [1.165, 1.54) is 23.5 Å². The van der Waals surface area contributed by atoms with Crippen LogP contribution in [0.2, 0.25) is 0 Å². The zero-order valence-corrected chi connectivity index (χ0v) is 28.8. The molecule has 1 saturated carbocycles. The number of alkyl carbamates (subject to hydrolysis) is 1. The molecular weight excluding hydrogens is 630 g/mol. The van der Waals surface area contributed by atoms with Gasteiger partial charge in [-0.2, -0.15) is 4.31 Å². The van der Waals surface area contributed by atoms with E-state index < -0.39 is 34.1 Å². The molecule has 48 heavy (non-hydrogen) atoms. The van der Waals surface area contributed by atoms with Crippen LogP contribution in [0.5, 0.6) is 0 Å². The number of benzene rings is 3. The van der Waals surface area contributed by atoms with Crippen LogP contribution in [0.1, 0.15) is 68.6 Å². The summed E-state index contributed by atoms with van der Waals surface area (Å²) in [7, 11) is -2.66. The number of nitrogens with one attached hydrogen (secondary N) is 2. The van der Waals surface area contributed by atoms with E-state index in [9.17, 15) is 28.2 Å². The number of carbonyl (C=O) groups excluding carboxylic acids is 2. The summed E-state index contributed by atoms with van der Waals surface area (Å²) in [4.78, 5) is 26.8. The Balaban J connectivity index is 1.52. The van der Waals surface area contributed by atoms with Crippen molar-refractivity contribution in [3.05, 3.63) is 102 Å². The Hall–Kier alpha value is -3.77. The summed E-state index contributed by atoms with van der Waals surface area (Å²) in [6, 6.07) is 23.5. The molecule has 0 saturated heterocycles. The summed E-state index contributed by atoms with van der Waals surface area (Å²) in [5.41, 5.74) is 2.34. The van der Waals surface area contributed by atoms with Gasteiger partial charge in [-0.1, -0.05) is 86.6 Å². The number of aliphatic hydroxyl groups excluding tert-OH is 2. The summed E-state index contributed by atoms with van der Waals surface area (Å²) in [6.07, 6.45) is 2.76. The van der Waals surface area contributed by atoms with Crippen molar-refractivity contribution >= 4 is 22.0 Å². The highest BCUT2D eigenvalue weighted by Crippen LogP contribution is 2.36. The zero-order chi connectivity index (χ0) is 34.7. The number of ether oxygens (including phenoxy) is 1. The molecule has 0 aromatic heterocycles. The first kappa shape index (κ1) is 37.1. The molecule has 0 heterocycles. The highest BCUT2D eigenvalue weighted by atomic mass is 32.2. The third kappa shape index (κ3) is 9.88. The van der Waals surface area contributed by atoms with E-state index in [4.69, 9.17) is 4.74 Å². The van der Waals surface area contributed by atoms with Crippen LogP contribution in [0, 0.1) is 11.8 Å². The quantitative estimate of drug-likeness (QED) is 0.151. The van der Waals surface area contributed by atoms with Crippen LogP contribution in [-0.4, -0.2) is 73.3 Å². The standard InChI is InChI=1S/C37H49N3O7S/c1-26(2)23-40(48(45,46)32-21-17-27(24-41)18-22-32)31(25-42)15-10-16-33(28-19-20-28)38-36(43)35(39-37(44)47-3)34(29-11-6-4-7-12-29)30-13-8-5-9-14-30/h4-9,11-14,17-18,21-22,26,28,31,33-35,41-42H,10,15-16,19-20,23-25H2,1-3H3,(H,38,43)(H,39,44)/t31-,33+,35-/m0/s1. The van der Waals surface area contributed by atoms with Gasteiger partial charge in [0.25, 0.3) is 0 Å². The maximum Gasteiger partial charge on any atom is 0.407 e. The minimum absolute atomic E-state index is 0.0189. The van der Waals surface area contributed by atoms with Gasteiger partial charge in [-0.15, -0.1) is 0 Å². The van der Waals surface area contributed by atoms with Crippen molar-refractivity contribution in [2.75, 3.05) is 20.3 Å². The van der Waals surface area contributed by atoms with Crippen molar-refractivity contribution in [2.45, 2.75) is 81.5 Å². The number of methoxy groups -OCH3 is 1.